The van der Waals surface area contributed by atoms with Crippen LogP contribution < -0.4 is 15.4 Å². The number of para-hydroxylation sites is 1. The van der Waals surface area contributed by atoms with Gasteiger partial charge in [-0.1, -0.05) is 25.1 Å². The molecule has 0 atom stereocenters. The zero-order valence-corrected chi connectivity index (χ0v) is 12.8. The second-order valence-corrected chi connectivity index (χ2v) is 4.99. The molecule has 1 amide bonds. The molecule has 0 fully saturated rings. The maximum absolute atomic E-state index is 11.8. The number of hydrogen-bond acceptors (Lipinski definition) is 3. The topological polar surface area (TPSA) is 50.4 Å². The van der Waals surface area contributed by atoms with Gasteiger partial charge in [0.05, 0.1) is 0 Å². The van der Waals surface area contributed by atoms with Gasteiger partial charge in [0.2, 0.25) is 5.91 Å². The molecule has 0 aliphatic rings. The summed E-state index contributed by atoms with van der Waals surface area (Å²) in [6, 6.07) is 17.0. The molecule has 2 N–H and O–H groups in total. The van der Waals surface area contributed by atoms with E-state index < -0.39 is 0 Å². The van der Waals surface area contributed by atoms with E-state index in [2.05, 4.69) is 17.6 Å². The van der Waals surface area contributed by atoms with E-state index in [4.69, 9.17) is 4.74 Å². The highest BCUT2D eigenvalue weighted by Gasteiger charge is 2.02. The third-order valence-electron chi connectivity index (χ3n) is 3.07. The van der Waals surface area contributed by atoms with Crippen molar-refractivity contribution < 1.29 is 9.53 Å². The predicted octanol–water partition coefficient (Wildman–Crippen LogP) is 3.81. The SMILES string of the molecule is CCCNCCC(=O)Nc1ccc(Oc2ccccc2)cc1. The van der Waals surface area contributed by atoms with Gasteiger partial charge in [0, 0.05) is 18.7 Å². The third-order valence-corrected chi connectivity index (χ3v) is 3.07. The quantitative estimate of drug-likeness (QED) is 0.729. The highest BCUT2D eigenvalue weighted by Crippen LogP contribution is 2.22. The van der Waals surface area contributed by atoms with Gasteiger partial charge in [-0.05, 0) is 49.4 Å². The monoisotopic (exact) mass is 298 g/mol. The standard InChI is InChI=1S/C18H22N2O2/c1-2-13-19-14-12-18(21)20-15-8-10-17(11-9-15)22-16-6-4-3-5-7-16/h3-11,19H,2,12-14H2,1H3,(H,20,21). The van der Waals surface area contributed by atoms with Crippen molar-refractivity contribution in [3.63, 3.8) is 0 Å². The van der Waals surface area contributed by atoms with Gasteiger partial charge < -0.3 is 15.4 Å². The van der Waals surface area contributed by atoms with Crippen molar-refractivity contribution >= 4 is 11.6 Å². The molecule has 0 unspecified atom stereocenters. The van der Waals surface area contributed by atoms with Crippen molar-refractivity contribution in [3.8, 4) is 11.5 Å². The molecule has 0 aliphatic heterocycles. The third kappa shape index (κ3) is 5.58. The molecule has 116 valence electrons. The van der Waals surface area contributed by atoms with Gasteiger partial charge in [-0.3, -0.25) is 4.79 Å². The van der Waals surface area contributed by atoms with Crippen LogP contribution >= 0.6 is 0 Å². The van der Waals surface area contributed by atoms with Crippen LogP contribution in [-0.4, -0.2) is 19.0 Å². The molecule has 0 bridgehead atoms. The number of carbonyl (C=O) groups is 1. The lowest BCUT2D eigenvalue weighted by Gasteiger charge is -2.08. The molecule has 0 aromatic heterocycles. The molecule has 4 nitrogen and oxygen atoms in total. The summed E-state index contributed by atoms with van der Waals surface area (Å²) >= 11 is 0. The Morgan fingerprint density at radius 3 is 2.32 bits per heavy atom. The molecule has 0 aliphatic carbocycles. The molecule has 0 heterocycles. The first-order valence-electron chi connectivity index (χ1n) is 7.61. The zero-order chi connectivity index (χ0) is 15.6. The Bertz CT molecular complexity index is 567. The Labute approximate surface area is 131 Å². The number of carbonyl (C=O) groups excluding carboxylic acids is 1. The van der Waals surface area contributed by atoms with Gasteiger partial charge in [-0.25, -0.2) is 0 Å². The molecule has 22 heavy (non-hydrogen) atoms. The van der Waals surface area contributed by atoms with Crippen molar-refractivity contribution in [1.82, 2.24) is 5.32 Å². The number of rotatable bonds is 8. The summed E-state index contributed by atoms with van der Waals surface area (Å²) in [5.41, 5.74) is 0.779. The molecule has 4 heteroatoms. The highest BCUT2D eigenvalue weighted by molar-refractivity contribution is 5.90. The summed E-state index contributed by atoms with van der Waals surface area (Å²) in [5.74, 6) is 1.55. The Hall–Kier alpha value is -2.33. The van der Waals surface area contributed by atoms with Crippen LogP contribution in [0.2, 0.25) is 0 Å². The van der Waals surface area contributed by atoms with E-state index in [1.165, 1.54) is 0 Å². The molecule has 0 saturated carbocycles. The number of ether oxygens (including phenoxy) is 1. The Balaban J connectivity index is 1.80. The lowest BCUT2D eigenvalue weighted by molar-refractivity contribution is -0.116. The van der Waals surface area contributed by atoms with Gasteiger partial charge in [0.25, 0.3) is 0 Å². The summed E-state index contributed by atoms with van der Waals surface area (Å²) in [6.07, 6.45) is 1.55. The minimum atomic E-state index is 0.0142. The fraction of sp³-hybridized carbons (Fsp3) is 0.278. The summed E-state index contributed by atoms with van der Waals surface area (Å²) in [4.78, 5) is 11.8. The van der Waals surface area contributed by atoms with Crippen LogP contribution in [-0.2, 0) is 4.79 Å². The van der Waals surface area contributed by atoms with Gasteiger partial charge in [-0.2, -0.15) is 0 Å². The average molecular weight is 298 g/mol. The van der Waals surface area contributed by atoms with E-state index in [0.717, 1.165) is 30.2 Å². The van der Waals surface area contributed by atoms with Crippen LogP contribution in [0.1, 0.15) is 19.8 Å². The second-order valence-electron chi connectivity index (χ2n) is 4.99. The number of benzene rings is 2. The summed E-state index contributed by atoms with van der Waals surface area (Å²) in [7, 11) is 0. The van der Waals surface area contributed by atoms with Crippen LogP contribution in [0.5, 0.6) is 11.5 Å². The Morgan fingerprint density at radius 2 is 1.64 bits per heavy atom. The van der Waals surface area contributed by atoms with Crippen LogP contribution in [0.4, 0.5) is 5.69 Å². The molecular weight excluding hydrogens is 276 g/mol. The summed E-state index contributed by atoms with van der Waals surface area (Å²) in [6.45, 7) is 3.75. The largest absolute Gasteiger partial charge is 0.457 e. The first-order chi connectivity index (χ1) is 10.8. The van der Waals surface area contributed by atoms with Gasteiger partial charge in [-0.15, -0.1) is 0 Å². The minimum absolute atomic E-state index is 0.0142. The van der Waals surface area contributed by atoms with E-state index in [0.29, 0.717) is 13.0 Å². The summed E-state index contributed by atoms with van der Waals surface area (Å²) < 4.78 is 5.71. The summed E-state index contributed by atoms with van der Waals surface area (Å²) in [5, 5.41) is 6.08. The fourth-order valence-electron chi connectivity index (χ4n) is 1.96. The molecule has 2 aromatic carbocycles. The van der Waals surface area contributed by atoms with Crippen molar-refractivity contribution in [2.75, 3.05) is 18.4 Å². The van der Waals surface area contributed by atoms with Crippen molar-refractivity contribution in [2.45, 2.75) is 19.8 Å². The van der Waals surface area contributed by atoms with Gasteiger partial charge in [0.15, 0.2) is 0 Å². The molecular formula is C18H22N2O2. The molecule has 0 spiro atoms. The van der Waals surface area contributed by atoms with Crippen molar-refractivity contribution in [2.24, 2.45) is 0 Å². The first-order valence-corrected chi connectivity index (χ1v) is 7.61. The zero-order valence-electron chi connectivity index (χ0n) is 12.8. The van der Waals surface area contributed by atoms with Crippen LogP contribution in [0.3, 0.4) is 0 Å². The van der Waals surface area contributed by atoms with Crippen molar-refractivity contribution in [3.05, 3.63) is 54.6 Å². The van der Waals surface area contributed by atoms with E-state index in [1.807, 2.05) is 54.6 Å². The van der Waals surface area contributed by atoms with Gasteiger partial charge in [0.1, 0.15) is 11.5 Å². The van der Waals surface area contributed by atoms with E-state index in [1.54, 1.807) is 0 Å². The van der Waals surface area contributed by atoms with Crippen LogP contribution in [0.15, 0.2) is 54.6 Å². The predicted molar refractivity (Wildman–Crippen MR) is 89.4 cm³/mol. The number of amides is 1. The van der Waals surface area contributed by atoms with Gasteiger partial charge >= 0.3 is 0 Å². The van der Waals surface area contributed by atoms with E-state index in [-0.39, 0.29) is 5.91 Å². The Kier molecular flexibility index (Phi) is 6.45. The van der Waals surface area contributed by atoms with Crippen molar-refractivity contribution in [1.29, 1.82) is 0 Å². The first kappa shape index (κ1) is 16.0. The fourth-order valence-corrected chi connectivity index (χ4v) is 1.96. The number of hydrogen-bond donors (Lipinski definition) is 2. The molecule has 2 rings (SSSR count). The van der Waals surface area contributed by atoms with Crippen LogP contribution in [0.25, 0.3) is 0 Å². The molecule has 0 radical (unpaired) electrons. The Morgan fingerprint density at radius 1 is 0.955 bits per heavy atom. The maximum Gasteiger partial charge on any atom is 0.225 e. The van der Waals surface area contributed by atoms with E-state index in [9.17, 15) is 4.79 Å². The number of nitrogens with one attached hydrogen (secondary N) is 2. The lowest BCUT2D eigenvalue weighted by atomic mass is 10.3. The minimum Gasteiger partial charge on any atom is -0.457 e. The molecule has 2 aromatic rings. The lowest BCUT2D eigenvalue weighted by Crippen LogP contribution is -2.22. The molecule has 0 saturated heterocycles. The second kappa shape index (κ2) is 8.85. The average Bonchev–Trinajstić information content (AvgIpc) is 2.54. The normalized spacial score (nSPS) is 10.2. The smallest absolute Gasteiger partial charge is 0.225 e. The van der Waals surface area contributed by atoms with Crippen LogP contribution in [0, 0.1) is 0 Å². The highest BCUT2D eigenvalue weighted by atomic mass is 16.5. The number of anilines is 1. The maximum atomic E-state index is 11.8. The van der Waals surface area contributed by atoms with E-state index >= 15 is 0 Å².